The zero-order chi connectivity index (χ0) is 19.0. The van der Waals surface area contributed by atoms with Gasteiger partial charge >= 0.3 is 11.9 Å². The lowest BCUT2D eigenvalue weighted by Gasteiger charge is -2.31. The predicted molar refractivity (Wildman–Crippen MR) is 105 cm³/mol. The van der Waals surface area contributed by atoms with Crippen LogP contribution in [0, 0.1) is 13.8 Å². The maximum atomic E-state index is 12.7. The minimum absolute atomic E-state index is 0.420. The van der Waals surface area contributed by atoms with E-state index in [1.165, 1.54) is 14.2 Å². The van der Waals surface area contributed by atoms with E-state index < -0.39 is 28.1 Å². The Kier molecular flexibility index (Phi) is 5.88. The van der Waals surface area contributed by atoms with Crippen molar-refractivity contribution in [3.63, 3.8) is 0 Å². The summed E-state index contributed by atoms with van der Waals surface area (Å²) in [4.78, 5) is 25.3. The van der Waals surface area contributed by atoms with Crippen LogP contribution >= 0.6 is 0 Å². The summed E-state index contributed by atoms with van der Waals surface area (Å²) in [5.74, 6) is -0.897. The van der Waals surface area contributed by atoms with Crippen molar-refractivity contribution >= 4 is 38.5 Å². The summed E-state index contributed by atoms with van der Waals surface area (Å²) in [6.45, 7) is 17.2. The highest BCUT2D eigenvalue weighted by Gasteiger charge is 2.37. The maximum absolute atomic E-state index is 12.7. The smallest absolute Gasteiger partial charge is 0.338 e. The van der Waals surface area contributed by atoms with Gasteiger partial charge in [-0.05, 0) is 35.3 Å². The summed E-state index contributed by atoms with van der Waals surface area (Å²) in [6, 6.07) is 0. The van der Waals surface area contributed by atoms with Gasteiger partial charge in [-0.25, -0.2) is 9.59 Å². The van der Waals surface area contributed by atoms with Crippen molar-refractivity contribution in [1.82, 2.24) is 0 Å². The highest BCUT2D eigenvalue weighted by atomic mass is 28.3. The maximum Gasteiger partial charge on any atom is 0.338 e. The van der Waals surface area contributed by atoms with E-state index in [0.29, 0.717) is 11.1 Å². The predicted octanol–water partition coefficient (Wildman–Crippen LogP) is 2.97. The van der Waals surface area contributed by atoms with E-state index in [0.717, 1.165) is 21.5 Å². The Morgan fingerprint density at radius 3 is 1.08 bits per heavy atom. The van der Waals surface area contributed by atoms with Gasteiger partial charge in [0.25, 0.3) is 0 Å². The number of carbonyl (C=O) groups is 2. The Morgan fingerprint density at radius 2 is 0.917 bits per heavy atom. The van der Waals surface area contributed by atoms with E-state index in [1.54, 1.807) is 0 Å². The summed E-state index contributed by atoms with van der Waals surface area (Å²) in [6.07, 6.45) is 0. The molecule has 1 aromatic rings. The van der Waals surface area contributed by atoms with E-state index in [4.69, 9.17) is 9.47 Å². The minimum atomic E-state index is -1.90. The van der Waals surface area contributed by atoms with Gasteiger partial charge in [-0.1, -0.05) is 39.3 Å². The van der Waals surface area contributed by atoms with Gasteiger partial charge in [-0.2, -0.15) is 0 Å². The summed E-state index contributed by atoms with van der Waals surface area (Å²) >= 11 is 0. The quantitative estimate of drug-likeness (QED) is 0.607. The number of benzene rings is 1. The minimum Gasteiger partial charge on any atom is -0.465 e. The fraction of sp³-hybridized carbons (Fsp3) is 0.556. The summed E-state index contributed by atoms with van der Waals surface area (Å²) in [5, 5.41) is 1.99. The van der Waals surface area contributed by atoms with Gasteiger partial charge in [0.2, 0.25) is 0 Å². The van der Waals surface area contributed by atoms with Crippen molar-refractivity contribution in [2.45, 2.75) is 53.1 Å². The van der Waals surface area contributed by atoms with Crippen LogP contribution in [0.2, 0.25) is 39.3 Å². The lowest BCUT2D eigenvalue weighted by Crippen LogP contribution is -2.52. The molecular formula is C18H30O4Si2. The molecule has 0 atom stereocenters. The highest BCUT2D eigenvalue weighted by molar-refractivity contribution is 6.92. The Balaban J connectivity index is 4.23. The molecular weight excluding hydrogens is 336 g/mol. The molecule has 0 unspecified atom stereocenters. The van der Waals surface area contributed by atoms with Gasteiger partial charge < -0.3 is 9.47 Å². The van der Waals surface area contributed by atoms with Gasteiger partial charge in [-0.3, -0.25) is 0 Å². The number of carbonyl (C=O) groups excluding carboxylic acids is 2. The van der Waals surface area contributed by atoms with Crippen molar-refractivity contribution in [2.75, 3.05) is 14.2 Å². The Hall–Kier alpha value is -1.41. The first-order valence-corrected chi connectivity index (χ1v) is 15.1. The molecule has 0 heterocycles. The molecule has 0 N–H and O–H groups in total. The molecule has 0 saturated carbocycles. The van der Waals surface area contributed by atoms with Crippen LogP contribution in [-0.4, -0.2) is 42.3 Å². The second-order valence-corrected chi connectivity index (χ2v) is 18.2. The van der Waals surface area contributed by atoms with Crippen LogP contribution in [0.5, 0.6) is 0 Å². The van der Waals surface area contributed by atoms with Gasteiger partial charge in [0.05, 0.1) is 41.5 Å². The molecule has 0 spiro atoms. The normalized spacial score (nSPS) is 12.1. The number of rotatable bonds is 4. The lowest BCUT2D eigenvalue weighted by atomic mass is 9.99. The Morgan fingerprint density at radius 1 is 0.667 bits per heavy atom. The topological polar surface area (TPSA) is 52.6 Å². The largest absolute Gasteiger partial charge is 0.465 e. The summed E-state index contributed by atoms with van der Waals surface area (Å²) < 4.78 is 10.1. The third kappa shape index (κ3) is 3.64. The molecule has 0 fully saturated rings. The first kappa shape index (κ1) is 20.6. The molecule has 0 aromatic heterocycles. The van der Waals surface area contributed by atoms with Crippen LogP contribution in [-0.2, 0) is 9.47 Å². The van der Waals surface area contributed by atoms with E-state index in [9.17, 15) is 9.59 Å². The zero-order valence-corrected chi connectivity index (χ0v) is 18.6. The van der Waals surface area contributed by atoms with Crippen LogP contribution in [0.1, 0.15) is 31.8 Å². The molecule has 0 aliphatic heterocycles. The summed E-state index contributed by atoms with van der Waals surface area (Å²) in [5.41, 5.74) is 3.06. The standard InChI is InChI=1S/C18H30O4Si2/c1-11-12(2)16(24(8,9)10)14(18(20)22-4)13(17(19)21-3)15(11)23(5,6)7/h1-10H3. The van der Waals surface area contributed by atoms with Gasteiger partial charge in [0.1, 0.15) is 0 Å². The van der Waals surface area contributed by atoms with Crippen molar-refractivity contribution in [3.05, 3.63) is 22.3 Å². The fourth-order valence-electron chi connectivity index (χ4n) is 3.49. The van der Waals surface area contributed by atoms with Crippen LogP contribution in [0.4, 0.5) is 0 Å². The third-order valence-electron chi connectivity index (χ3n) is 4.34. The molecule has 1 rings (SSSR count). The first-order valence-electron chi connectivity index (χ1n) is 8.13. The van der Waals surface area contributed by atoms with Crippen molar-refractivity contribution in [3.8, 4) is 0 Å². The molecule has 24 heavy (non-hydrogen) atoms. The number of ether oxygens (including phenoxy) is 2. The molecule has 0 amide bonds. The molecule has 0 bridgehead atoms. The average molecular weight is 367 g/mol. The molecule has 4 nitrogen and oxygen atoms in total. The SMILES string of the molecule is COC(=O)c1c(C(=O)OC)c([Si](C)(C)C)c(C)c(C)c1[Si](C)(C)C. The number of hydrogen-bond acceptors (Lipinski definition) is 4. The number of esters is 2. The molecule has 134 valence electrons. The monoisotopic (exact) mass is 366 g/mol. The zero-order valence-electron chi connectivity index (χ0n) is 16.6. The third-order valence-corrected chi connectivity index (χ3v) is 8.59. The van der Waals surface area contributed by atoms with Crippen molar-refractivity contribution in [1.29, 1.82) is 0 Å². The van der Waals surface area contributed by atoms with Crippen LogP contribution in [0.3, 0.4) is 0 Å². The molecule has 0 saturated heterocycles. The van der Waals surface area contributed by atoms with E-state index >= 15 is 0 Å². The molecule has 1 aromatic carbocycles. The number of hydrogen-bond donors (Lipinski definition) is 0. The lowest BCUT2D eigenvalue weighted by molar-refractivity contribution is 0.0557. The number of methoxy groups -OCH3 is 2. The van der Waals surface area contributed by atoms with E-state index in [-0.39, 0.29) is 0 Å². The summed E-state index contributed by atoms with van der Waals surface area (Å²) in [7, 11) is -1.07. The van der Waals surface area contributed by atoms with Crippen molar-refractivity contribution in [2.24, 2.45) is 0 Å². The highest BCUT2D eigenvalue weighted by Crippen LogP contribution is 2.23. The Labute approximate surface area is 147 Å². The van der Waals surface area contributed by atoms with Gasteiger partial charge in [-0.15, -0.1) is 0 Å². The van der Waals surface area contributed by atoms with E-state index in [2.05, 4.69) is 53.1 Å². The second-order valence-electron chi connectivity index (χ2n) is 8.23. The Bertz CT molecular complexity index is 621. The second kappa shape index (κ2) is 6.84. The van der Waals surface area contributed by atoms with Crippen LogP contribution in [0.15, 0.2) is 0 Å². The van der Waals surface area contributed by atoms with E-state index in [1.807, 2.05) is 0 Å². The van der Waals surface area contributed by atoms with Crippen LogP contribution < -0.4 is 10.4 Å². The van der Waals surface area contributed by atoms with Crippen LogP contribution in [0.25, 0.3) is 0 Å². The van der Waals surface area contributed by atoms with Gasteiger partial charge in [0, 0.05) is 0 Å². The van der Waals surface area contributed by atoms with Crippen molar-refractivity contribution < 1.29 is 19.1 Å². The molecule has 0 radical (unpaired) electrons. The fourth-order valence-corrected chi connectivity index (χ4v) is 8.07. The average Bonchev–Trinajstić information content (AvgIpc) is 2.44. The molecule has 0 aliphatic carbocycles. The molecule has 0 aliphatic rings. The molecule has 6 heteroatoms. The van der Waals surface area contributed by atoms with Gasteiger partial charge in [0.15, 0.2) is 0 Å². The first-order chi connectivity index (χ1) is 10.8.